The molecule has 152 valence electrons. The number of fused-ring (bicyclic) bond motifs is 6. The molecule has 0 fully saturated rings. The zero-order valence-corrected chi connectivity index (χ0v) is 18.6. The first-order valence-electron chi connectivity index (χ1n) is 11.1. The highest BCUT2D eigenvalue weighted by Crippen LogP contribution is 2.56. The first kappa shape index (κ1) is 18.4. The van der Waals surface area contributed by atoms with Crippen LogP contribution in [0, 0.1) is 0 Å². The average molecular weight is 402 g/mol. The summed E-state index contributed by atoms with van der Waals surface area (Å²) in [5.74, 6) is 0. The predicted molar refractivity (Wildman–Crippen MR) is 131 cm³/mol. The second-order valence-electron chi connectivity index (χ2n) is 9.99. The van der Waals surface area contributed by atoms with Gasteiger partial charge < -0.3 is 5.32 Å². The van der Waals surface area contributed by atoms with Crippen LogP contribution < -0.4 is 5.32 Å². The van der Waals surface area contributed by atoms with Crippen LogP contribution in [0.5, 0.6) is 0 Å². The van der Waals surface area contributed by atoms with Crippen LogP contribution in [0.15, 0.2) is 84.9 Å². The van der Waals surface area contributed by atoms with E-state index in [0.29, 0.717) is 0 Å². The summed E-state index contributed by atoms with van der Waals surface area (Å²) in [5.41, 5.74) is 13.5. The molecule has 6 rings (SSSR count). The third-order valence-electron chi connectivity index (χ3n) is 7.44. The van der Waals surface area contributed by atoms with Gasteiger partial charge in [0.1, 0.15) is 0 Å². The van der Waals surface area contributed by atoms with Crippen molar-refractivity contribution in [2.45, 2.75) is 38.5 Å². The van der Waals surface area contributed by atoms with E-state index >= 15 is 0 Å². The van der Waals surface area contributed by atoms with Gasteiger partial charge in [0.15, 0.2) is 0 Å². The maximum Gasteiger partial charge on any atom is 0.0387 e. The van der Waals surface area contributed by atoms with Crippen LogP contribution in [0.25, 0.3) is 22.3 Å². The molecule has 1 nitrogen and oxygen atoms in total. The van der Waals surface area contributed by atoms with Crippen molar-refractivity contribution >= 4 is 11.4 Å². The van der Waals surface area contributed by atoms with Gasteiger partial charge >= 0.3 is 0 Å². The van der Waals surface area contributed by atoms with Crippen molar-refractivity contribution in [2.75, 3.05) is 5.32 Å². The molecule has 0 bridgehead atoms. The van der Waals surface area contributed by atoms with Gasteiger partial charge in [-0.3, -0.25) is 0 Å². The normalized spacial score (nSPS) is 16.3. The minimum absolute atomic E-state index is 0.0304. The molecule has 2 aliphatic rings. The average Bonchev–Trinajstić information content (AvgIpc) is 3.13. The highest BCUT2D eigenvalue weighted by atomic mass is 14.9. The van der Waals surface area contributed by atoms with Crippen molar-refractivity contribution in [1.29, 1.82) is 0 Å². The van der Waals surface area contributed by atoms with Gasteiger partial charge in [-0.05, 0) is 80.9 Å². The fraction of sp³-hybridized carbons (Fsp3) is 0.200. The summed E-state index contributed by atoms with van der Waals surface area (Å²) in [5, 5.41) is 3.57. The van der Waals surface area contributed by atoms with E-state index in [1.807, 2.05) is 6.07 Å². The molecule has 1 N–H and O–H groups in total. The fourth-order valence-electron chi connectivity index (χ4n) is 5.69. The lowest BCUT2D eigenvalue weighted by Crippen LogP contribution is -2.17. The zero-order valence-electron chi connectivity index (χ0n) is 18.6. The van der Waals surface area contributed by atoms with Crippen molar-refractivity contribution in [3.05, 3.63) is 107 Å². The molecule has 1 heteroatoms. The molecule has 0 heterocycles. The molecule has 0 amide bonds. The van der Waals surface area contributed by atoms with Crippen molar-refractivity contribution in [2.24, 2.45) is 0 Å². The van der Waals surface area contributed by atoms with Gasteiger partial charge in [0.2, 0.25) is 0 Å². The Morgan fingerprint density at radius 1 is 0.452 bits per heavy atom. The van der Waals surface area contributed by atoms with Gasteiger partial charge in [-0.25, -0.2) is 0 Å². The highest BCUT2D eigenvalue weighted by Gasteiger charge is 2.41. The molecule has 0 saturated heterocycles. The van der Waals surface area contributed by atoms with Crippen LogP contribution in [0.1, 0.15) is 49.9 Å². The monoisotopic (exact) mass is 401 g/mol. The number of hydrogen-bond acceptors (Lipinski definition) is 1. The molecule has 2 aliphatic carbocycles. The third kappa shape index (κ3) is 2.50. The fourth-order valence-corrected chi connectivity index (χ4v) is 5.69. The lowest BCUT2D eigenvalue weighted by molar-refractivity contribution is 0.652. The van der Waals surface area contributed by atoms with E-state index in [-0.39, 0.29) is 10.8 Å². The molecular weight excluding hydrogens is 374 g/mol. The van der Waals surface area contributed by atoms with Gasteiger partial charge in [0, 0.05) is 22.2 Å². The Labute approximate surface area is 184 Å². The number of benzene rings is 4. The lowest BCUT2D eigenvalue weighted by atomic mass is 9.79. The van der Waals surface area contributed by atoms with Gasteiger partial charge in [-0.2, -0.15) is 0 Å². The minimum Gasteiger partial charge on any atom is -0.356 e. The van der Waals surface area contributed by atoms with Crippen molar-refractivity contribution < 1.29 is 0 Å². The summed E-state index contributed by atoms with van der Waals surface area (Å²) in [6.45, 7) is 9.45. The largest absolute Gasteiger partial charge is 0.356 e. The second-order valence-corrected chi connectivity index (χ2v) is 9.99. The molecule has 0 saturated carbocycles. The summed E-state index contributed by atoms with van der Waals surface area (Å²) in [6, 6.07) is 31.1. The predicted octanol–water partition coefficient (Wildman–Crippen LogP) is 8.04. The zero-order chi connectivity index (χ0) is 21.4. The van der Waals surface area contributed by atoms with E-state index < -0.39 is 0 Å². The first-order chi connectivity index (χ1) is 14.9. The maximum atomic E-state index is 3.57. The molecule has 4 aromatic carbocycles. The summed E-state index contributed by atoms with van der Waals surface area (Å²) >= 11 is 0. The van der Waals surface area contributed by atoms with E-state index in [0.717, 1.165) is 11.4 Å². The SMILES string of the molecule is CC1(C)c2ccccc2-c2cc3c(cc21)-c1ccc(Nc2ccccc2)cc1C3(C)C. The first-order valence-corrected chi connectivity index (χ1v) is 11.1. The number of anilines is 2. The summed E-state index contributed by atoms with van der Waals surface area (Å²) in [7, 11) is 0. The van der Waals surface area contributed by atoms with Crippen molar-refractivity contribution in [3.8, 4) is 22.3 Å². The van der Waals surface area contributed by atoms with Crippen LogP contribution in [0.4, 0.5) is 11.4 Å². The topological polar surface area (TPSA) is 12.0 Å². The molecule has 4 aromatic rings. The van der Waals surface area contributed by atoms with Gasteiger partial charge in [0.25, 0.3) is 0 Å². The van der Waals surface area contributed by atoms with E-state index in [9.17, 15) is 0 Å². The molecule has 0 atom stereocenters. The Balaban J connectivity index is 1.51. The smallest absolute Gasteiger partial charge is 0.0387 e. The van der Waals surface area contributed by atoms with Crippen LogP contribution in [0.3, 0.4) is 0 Å². The standard InChI is InChI=1S/C30H27N/c1-29(2)25-13-9-8-12-21(25)23-17-28-24(18-27(23)29)22-15-14-20(16-26(22)30(28,3)4)31-19-10-6-5-7-11-19/h5-18,31H,1-4H3. The molecule has 0 spiro atoms. The lowest BCUT2D eigenvalue weighted by Gasteiger charge is -2.24. The maximum absolute atomic E-state index is 3.57. The number of rotatable bonds is 2. The quantitative estimate of drug-likeness (QED) is 0.358. The minimum atomic E-state index is -0.0320. The Bertz CT molecular complexity index is 1340. The Hall–Kier alpha value is -3.32. The Morgan fingerprint density at radius 2 is 1.00 bits per heavy atom. The van der Waals surface area contributed by atoms with Gasteiger partial charge in [-0.15, -0.1) is 0 Å². The Kier molecular flexibility index (Phi) is 3.63. The summed E-state index contributed by atoms with van der Waals surface area (Å²) < 4.78 is 0. The third-order valence-corrected chi connectivity index (χ3v) is 7.44. The summed E-state index contributed by atoms with van der Waals surface area (Å²) in [4.78, 5) is 0. The van der Waals surface area contributed by atoms with Crippen LogP contribution in [-0.2, 0) is 10.8 Å². The molecule has 0 aliphatic heterocycles. The van der Waals surface area contributed by atoms with E-state index in [2.05, 4.69) is 112 Å². The summed E-state index contributed by atoms with van der Waals surface area (Å²) in [6.07, 6.45) is 0. The number of nitrogens with one attached hydrogen (secondary N) is 1. The van der Waals surface area contributed by atoms with Gasteiger partial charge in [-0.1, -0.05) is 76.2 Å². The van der Waals surface area contributed by atoms with E-state index in [1.165, 1.54) is 44.5 Å². The molecule has 0 aromatic heterocycles. The van der Waals surface area contributed by atoms with Crippen LogP contribution in [0.2, 0.25) is 0 Å². The van der Waals surface area contributed by atoms with Crippen molar-refractivity contribution in [1.82, 2.24) is 0 Å². The van der Waals surface area contributed by atoms with Gasteiger partial charge in [0.05, 0.1) is 0 Å². The number of para-hydroxylation sites is 1. The highest BCUT2D eigenvalue weighted by molar-refractivity contribution is 5.90. The molecule has 0 unspecified atom stereocenters. The van der Waals surface area contributed by atoms with E-state index in [1.54, 1.807) is 0 Å². The van der Waals surface area contributed by atoms with Crippen LogP contribution >= 0.6 is 0 Å². The van der Waals surface area contributed by atoms with E-state index in [4.69, 9.17) is 0 Å². The molecular formula is C30H27N. The van der Waals surface area contributed by atoms with Crippen molar-refractivity contribution in [3.63, 3.8) is 0 Å². The second kappa shape index (κ2) is 6.11. The molecule has 0 radical (unpaired) electrons. The van der Waals surface area contributed by atoms with Crippen LogP contribution in [-0.4, -0.2) is 0 Å². The molecule has 31 heavy (non-hydrogen) atoms. The Morgan fingerprint density at radius 3 is 1.71 bits per heavy atom. The number of hydrogen-bond donors (Lipinski definition) is 1.